The number of aliphatic imine (C=N–C) groups is 1. The summed E-state index contributed by atoms with van der Waals surface area (Å²) >= 11 is 0. The molecule has 9 nitrogen and oxygen atoms in total. The highest BCUT2D eigenvalue weighted by Gasteiger charge is 2.27. The Morgan fingerprint density at radius 1 is 1.22 bits per heavy atom. The number of hydrogen-bond donors (Lipinski definition) is 4. The molecule has 0 saturated heterocycles. The van der Waals surface area contributed by atoms with Crippen LogP contribution < -0.4 is 21.3 Å². The van der Waals surface area contributed by atoms with Crippen molar-refractivity contribution in [2.24, 2.45) is 16.6 Å². The van der Waals surface area contributed by atoms with Crippen LogP contribution in [-0.2, 0) is 4.79 Å². The average Bonchev–Trinajstić information content (AvgIpc) is 3.41. The van der Waals surface area contributed by atoms with Crippen LogP contribution in [0.2, 0.25) is 0 Å². The van der Waals surface area contributed by atoms with Crippen LogP contribution in [0.5, 0.6) is 0 Å². The molecule has 0 radical (unpaired) electrons. The molecule has 1 saturated carbocycles. The summed E-state index contributed by atoms with van der Waals surface area (Å²) in [7, 11) is 3.53. The van der Waals surface area contributed by atoms with E-state index in [4.69, 9.17) is 10.8 Å². The molecule has 1 aromatic carbocycles. The van der Waals surface area contributed by atoms with E-state index >= 15 is 0 Å². The van der Waals surface area contributed by atoms with E-state index in [1.165, 1.54) is 12.4 Å². The van der Waals surface area contributed by atoms with Gasteiger partial charge in [0.2, 0.25) is 5.91 Å². The Hall–Kier alpha value is -3.72. The fraction of sp³-hybridized carbons (Fsp3) is 0.407. The number of carbonyl (C=O) groups is 2. The third kappa shape index (κ3) is 8.81. The molecule has 0 bridgehead atoms. The van der Waals surface area contributed by atoms with E-state index in [0.29, 0.717) is 23.6 Å². The molecule has 1 heterocycles. The van der Waals surface area contributed by atoms with E-state index in [-0.39, 0.29) is 18.4 Å². The first kappa shape index (κ1) is 28.5. The van der Waals surface area contributed by atoms with Gasteiger partial charge in [-0.1, -0.05) is 31.7 Å². The number of anilines is 2. The van der Waals surface area contributed by atoms with Crippen LogP contribution in [0.15, 0.2) is 65.7 Å². The molecule has 1 fully saturated rings. The minimum atomic E-state index is -0.664. The maximum Gasteiger partial charge on any atom is 0.252 e. The maximum atomic E-state index is 13.1. The number of benzene rings is 1. The summed E-state index contributed by atoms with van der Waals surface area (Å²) in [4.78, 5) is 36.1. The molecule has 0 aliphatic heterocycles. The number of aliphatic hydroxyl groups is 1. The van der Waals surface area contributed by atoms with Crippen molar-refractivity contribution in [3.8, 4) is 0 Å². The highest BCUT2D eigenvalue weighted by molar-refractivity contribution is 5.99. The van der Waals surface area contributed by atoms with E-state index in [0.717, 1.165) is 37.1 Å². The van der Waals surface area contributed by atoms with Crippen molar-refractivity contribution < 1.29 is 14.7 Å². The number of nitrogens with two attached hydrogens (primary N) is 1. The van der Waals surface area contributed by atoms with Crippen molar-refractivity contribution in [1.82, 2.24) is 15.6 Å². The monoisotopic (exact) mass is 494 g/mol. The smallest absolute Gasteiger partial charge is 0.252 e. The highest BCUT2D eigenvalue weighted by Crippen LogP contribution is 2.29. The summed E-state index contributed by atoms with van der Waals surface area (Å²) in [6.07, 6.45) is 11.3. The van der Waals surface area contributed by atoms with Gasteiger partial charge < -0.3 is 26.4 Å². The minimum Gasteiger partial charge on any atom is -0.403 e. The molecule has 1 aliphatic rings. The van der Waals surface area contributed by atoms with Gasteiger partial charge in [0, 0.05) is 62.4 Å². The molecule has 1 unspecified atom stereocenters. The number of pyridine rings is 1. The normalized spacial score (nSPS) is 14.6. The number of nitrogens with one attached hydrogen (secondary N) is 2. The zero-order valence-electron chi connectivity index (χ0n) is 21.4. The Morgan fingerprint density at radius 3 is 2.50 bits per heavy atom. The topological polar surface area (TPSA) is 133 Å². The van der Waals surface area contributed by atoms with Crippen LogP contribution in [0, 0.1) is 5.92 Å². The minimum absolute atomic E-state index is 0.250. The Balaban J connectivity index is 0.00000145. The summed E-state index contributed by atoms with van der Waals surface area (Å²) in [6, 6.07) is 10.5. The van der Waals surface area contributed by atoms with Gasteiger partial charge in [-0.15, -0.1) is 0 Å². The fourth-order valence-corrected chi connectivity index (χ4v) is 4.11. The van der Waals surface area contributed by atoms with Crippen molar-refractivity contribution >= 4 is 29.4 Å². The van der Waals surface area contributed by atoms with Crippen LogP contribution in [0.3, 0.4) is 0 Å². The Labute approximate surface area is 213 Å². The number of nitrogens with zero attached hydrogens (tertiary/aromatic N) is 3. The molecule has 3 rings (SSSR count). The molecule has 1 aromatic heterocycles. The first-order chi connectivity index (χ1) is 17.4. The molecule has 0 spiro atoms. The van der Waals surface area contributed by atoms with Crippen molar-refractivity contribution in [2.75, 3.05) is 25.6 Å². The summed E-state index contributed by atoms with van der Waals surface area (Å²) < 4.78 is 0. The first-order valence-electron chi connectivity index (χ1n) is 12.2. The summed E-state index contributed by atoms with van der Waals surface area (Å²) in [6.45, 7) is 1.93. The van der Waals surface area contributed by atoms with E-state index in [1.807, 2.05) is 42.3 Å². The number of allylic oxidation sites excluding steroid dienone is 1. The second-order valence-corrected chi connectivity index (χ2v) is 8.54. The predicted octanol–water partition coefficient (Wildman–Crippen LogP) is 3.14. The largest absolute Gasteiger partial charge is 0.403 e. The SMILES string of the molecule is CCO.CN=C/C(=C\N)NC(=O)C(CC1CCCC1)NC(=O)c1cccc(N(C)c2ccncc2)c1. The predicted molar refractivity (Wildman–Crippen MR) is 144 cm³/mol. The number of carbonyl (C=O) groups excluding carboxylic acids is 2. The Morgan fingerprint density at radius 2 is 1.89 bits per heavy atom. The third-order valence-electron chi connectivity index (χ3n) is 5.93. The number of hydrogen-bond acceptors (Lipinski definition) is 7. The van der Waals surface area contributed by atoms with Crippen molar-refractivity contribution in [3.05, 3.63) is 66.3 Å². The molecule has 2 aromatic rings. The van der Waals surface area contributed by atoms with Crippen molar-refractivity contribution in [2.45, 2.75) is 45.1 Å². The van der Waals surface area contributed by atoms with E-state index in [2.05, 4.69) is 20.6 Å². The van der Waals surface area contributed by atoms with Crippen LogP contribution in [0.25, 0.3) is 0 Å². The van der Waals surface area contributed by atoms with Crippen molar-refractivity contribution in [3.63, 3.8) is 0 Å². The standard InChI is InChI=1S/C25H32N6O2.C2H6O/c1-27-17-20(16-26)29-25(33)23(14-18-6-3-4-7-18)30-24(32)19-8-5-9-22(15-19)31(2)21-10-12-28-13-11-21;1-2-3/h5,8-13,15-18,23H,3-4,6-7,14,26H2,1-2H3,(H,29,33)(H,30,32);3H,2H2,1H3/b20-16+,27-17?;. The van der Waals surface area contributed by atoms with Crippen LogP contribution >= 0.6 is 0 Å². The van der Waals surface area contributed by atoms with Gasteiger partial charge in [0.1, 0.15) is 6.04 Å². The van der Waals surface area contributed by atoms with E-state index in [9.17, 15) is 9.59 Å². The van der Waals surface area contributed by atoms with Gasteiger partial charge in [0.15, 0.2) is 0 Å². The number of rotatable bonds is 9. The fourth-order valence-electron chi connectivity index (χ4n) is 4.11. The molecule has 1 aliphatic carbocycles. The van der Waals surface area contributed by atoms with Crippen LogP contribution in [-0.4, -0.2) is 54.9 Å². The van der Waals surface area contributed by atoms with Gasteiger partial charge in [-0.05, 0) is 49.6 Å². The summed E-state index contributed by atoms with van der Waals surface area (Å²) in [5.74, 6) is -0.173. The second-order valence-electron chi connectivity index (χ2n) is 8.54. The third-order valence-corrected chi connectivity index (χ3v) is 5.93. The summed E-state index contributed by atoms with van der Waals surface area (Å²) in [5, 5.41) is 13.3. The molecular formula is C27H38N6O3. The molecule has 36 heavy (non-hydrogen) atoms. The number of amides is 2. The molecule has 1 atom stereocenters. The molecular weight excluding hydrogens is 456 g/mol. The Bertz CT molecular complexity index is 1020. The lowest BCUT2D eigenvalue weighted by molar-refractivity contribution is -0.122. The molecule has 194 valence electrons. The van der Waals surface area contributed by atoms with E-state index in [1.54, 1.807) is 32.4 Å². The first-order valence-corrected chi connectivity index (χ1v) is 12.2. The van der Waals surface area contributed by atoms with Gasteiger partial charge in [0.05, 0.1) is 5.70 Å². The quantitative estimate of drug-likeness (QED) is 0.396. The van der Waals surface area contributed by atoms with Crippen LogP contribution in [0.1, 0.15) is 49.4 Å². The van der Waals surface area contributed by atoms with Crippen LogP contribution in [0.4, 0.5) is 11.4 Å². The molecule has 5 N–H and O–H groups in total. The number of aromatic nitrogens is 1. The van der Waals surface area contributed by atoms with Gasteiger partial charge in [-0.2, -0.15) is 0 Å². The van der Waals surface area contributed by atoms with Crippen molar-refractivity contribution in [1.29, 1.82) is 0 Å². The zero-order valence-corrected chi connectivity index (χ0v) is 21.4. The molecule has 2 amide bonds. The lowest BCUT2D eigenvalue weighted by atomic mass is 9.97. The van der Waals surface area contributed by atoms with Gasteiger partial charge in [0.25, 0.3) is 5.91 Å². The maximum absolute atomic E-state index is 13.1. The Kier molecular flexibility index (Phi) is 12.1. The van der Waals surface area contributed by atoms with Gasteiger partial charge in [-0.25, -0.2) is 0 Å². The zero-order chi connectivity index (χ0) is 26.3. The van der Waals surface area contributed by atoms with Gasteiger partial charge >= 0.3 is 0 Å². The lowest BCUT2D eigenvalue weighted by Crippen LogP contribution is -2.47. The lowest BCUT2D eigenvalue weighted by Gasteiger charge is -2.23. The highest BCUT2D eigenvalue weighted by atomic mass is 16.2. The van der Waals surface area contributed by atoms with E-state index < -0.39 is 6.04 Å². The number of aliphatic hydroxyl groups excluding tert-OH is 1. The molecule has 9 heteroatoms. The summed E-state index contributed by atoms with van der Waals surface area (Å²) in [5.41, 5.74) is 8.30. The second kappa shape index (κ2) is 15.3. The average molecular weight is 495 g/mol. The van der Waals surface area contributed by atoms with Gasteiger partial charge in [-0.3, -0.25) is 19.6 Å².